The van der Waals surface area contributed by atoms with E-state index in [0.717, 1.165) is 37.8 Å². The van der Waals surface area contributed by atoms with Gasteiger partial charge in [0, 0.05) is 36.8 Å². The number of aromatic amines is 1. The van der Waals surface area contributed by atoms with Gasteiger partial charge in [0.15, 0.2) is 11.6 Å². The van der Waals surface area contributed by atoms with Crippen molar-refractivity contribution in [1.82, 2.24) is 15.2 Å². The maximum Gasteiger partial charge on any atom is 0.246 e. The second kappa shape index (κ2) is 12.5. The maximum atomic E-state index is 13.4. The summed E-state index contributed by atoms with van der Waals surface area (Å²) in [5.41, 5.74) is 7.62. The molecule has 4 rings (SSSR count). The quantitative estimate of drug-likeness (QED) is 0.486. The van der Waals surface area contributed by atoms with Crippen molar-refractivity contribution >= 4 is 30.0 Å². The van der Waals surface area contributed by atoms with Crippen LogP contribution in [0.4, 0.5) is 8.78 Å². The molecule has 8 heteroatoms. The number of carbonyl (C=O) groups is 2. The minimum absolute atomic E-state index is 0.0677. The molecule has 204 valence electrons. The van der Waals surface area contributed by atoms with Crippen molar-refractivity contribution in [2.45, 2.75) is 70.4 Å². The molecule has 1 unspecified atom stereocenters. The Kier molecular flexibility index (Phi) is 9.15. The Hall–Kier alpha value is -3.26. The average molecular weight is 525 g/mol. The van der Waals surface area contributed by atoms with Crippen LogP contribution in [0.25, 0.3) is 18.2 Å². The van der Waals surface area contributed by atoms with Crippen LogP contribution in [0.2, 0.25) is 0 Å². The Balaban J connectivity index is 1.29. The fourth-order valence-electron chi connectivity index (χ4n) is 5.98. The summed E-state index contributed by atoms with van der Waals surface area (Å²) in [5.74, 6) is -1.82. The van der Waals surface area contributed by atoms with E-state index >= 15 is 0 Å². The van der Waals surface area contributed by atoms with Gasteiger partial charge < -0.3 is 20.9 Å². The van der Waals surface area contributed by atoms with Crippen molar-refractivity contribution in [2.75, 3.05) is 13.1 Å². The number of hydrogen-bond donors (Lipinski definition) is 3. The van der Waals surface area contributed by atoms with Crippen LogP contribution in [0.5, 0.6) is 0 Å². The van der Waals surface area contributed by atoms with E-state index in [4.69, 9.17) is 5.73 Å². The molecule has 2 heterocycles. The van der Waals surface area contributed by atoms with Gasteiger partial charge in [-0.15, -0.1) is 0 Å². The van der Waals surface area contributed by atoms with E-state index in [1.165, 1.54) is 34.3 Å². The SMILES string of the molecule is C/C=c1/c(C2CCC(NC(C(N)=O)C3CCN(C(=O)/C=C/c4ccc(F)c(F)c4)CC3)CC2)c[nH]/c1=C/C. The number of primary amides is 1. The highest BCUT2D eigenvalue weighted by Gasteiger charge is 2.34. The number of benzene rings is 1. The highest BCUT2D eigenvalue weighted by atomic mass is 19.2. The molecule has 1 atom stereocenters. The van der Waals surface area contributed by atoms with E-state index in [1.807, 2.05) is 6.92 Å². The van der Waals surface area contributed by atoms with Gasteiger partial charge in [-0.2, -0.15) is 0 Å². The predicted octanol–water partition coefficient (Wildman–Crippen LogP) is 3.32. The third-order valence-electron chi connectivity index (χ3n) is 8.14. The normalized spacial score (nSPS) is 22.8. The Bertz CT molecular complexity index is 1290. The lowest BCUT2D eigenvalue weighted by atomic mass is 9.81. The number of halogens is 2. The summed E-state index contributed by atoms with van der Waals surface area (Å²) in [6.07, 6.45) is 14.7. The van der Waals surface area contributed by atoms with Crippen LogP contribution in [0.1, 0.15) is 69.4 Å². The number of aromatic nitrogens is 1. The molecule has 0 bridgehead atoms. The zero-order chi connectivity index (χ0) is 27.2. The second-order valence-corrected chi connectivity index (χ2v) is 10.4. The lowest BCUT2D eigenvalue weighted by Gasteiger charge is -2.38. The molecule has 1 aromatic heterocycles. The van der Waals surface area contributed by atoms with Gasteiger partial charge in [0.25, 0.3) is 0 Å². The van der Waals surface area contributed by atoms with E-state index in [0.29, 0.717) is 37.4 Å². The summed E-state index contributed by atoms with van der Waals surface area (Å²) < 4.78 is 26.5. The summed E-state index contributed by atoms with van der Waals surface area (Å²) >= 11 is 0. The van der Waals surface area contributed by atoms with E-state index in [1.54, 1.807) is 4.90 Å². The van der Waals surface area contributed by atoms with E-state index in [9.17, 15) is 18.4 Å². The fraction of sp³-hybridized carbons (Fsp3) is 0.467. The molecule has 1 aromatic carbocycles. The van der Waals surface area contributed by atoms with Gasteiger partial charge in [-0.05, 0) is 98.8 Å². The fourth-order valence-corrected chi connectivity index (χ4v) is 5.98. The van der Waals surface area contributed by atoms with Gasteiger partial charge in [0.05, 0.1) is 6.04 Å². The molecule has 2 fully saturated rings. The maximum absolute atomic E-state index is 13.4. The van der Waals surface area contributed by atoms with Crippen molar-refractivity contribution in [3.05, 3.63) is 63.8 Å². The standard InChI is InChI=1S/C30H38F2N4O2/c1-3-23-24(18-34-27(23)4-2)20-7-9-22(10-8-20)35-29(30(33)38)21-13-15-36(16-14-21)28(37)12-6-19-5-11-25(31)26(32)17-19/h3-6,11-12,17-18,20-22,29,34-35H,7-10,13-16H2,1-2H3,(H2,33,38)/b12-6+,23-3-,27-4+. The molecule has 2 aliphatic rings. The van der Waals surface area contributed by atoms with Gasteiger partial charge in [0.2, 0.25) is 11.8 Å². The molecule has 4 N–H and O–H groups in total. The topological polar surface area (TPSA) is 91.2 Å². The van der Waals surface area contributed by atoms with Crippen molar-refractivity contribution in [2.24, 2.45) is 11.7 Å². The summed E-state index contributed by atoms with van der Waals surface area (Å²) in [6, 6.07) is 3.34. The molecule has 6 nitrogen and oxygen atoms in total. The summed E-state index contributed by atoms with van der Waals surface area (Å²) in [4.78, 5) is 30.1. The minimum Gasteiger partial charge on any atom is -0.368 e. The number of nitrogens with two attached hydrogens (primary N) is 1. The summed E-state index contributed by atoms with van der Waals surface area (Å²) in [5, 5.41) is 6.02. The highest BCUT2D eigenvalue weighted by Crippen LogP contribution is 2.32. The molecule has 1 saturated heterocycles. The number of amides is 2. The number of nitrogens with zero attached hydrogens (tertiary/aromatic N) is 1. The van der Waals surface area contributed by atoms with E-state index < -0.39 is 17.7 Å². The first-order chi connectivity index (χ1) is 18.3. The van der Waals surface area contributed by atoms with Gasteiger partial charge in [-0.25, -0.2) is 8.78 Å². The molecule has 1 aliphatic heterocycles. The number of piperidine rings is 1. The van der Waals surface area contributed by atoms with Crippen LogP contribution in [-0.2, 0) is 9.59 Å². The van der Waals surface area contributed by atoms with Crippen molar-refractivity contribution in [3.63, 3.8) is 0 Å². The van der Waals surface area contributed by atoms with Gasteiger partial charge in [-0.3, -0.25) is 9.59 Å². The lowest BCUT2D eigenvalue weighted by molar-refractivity contribution is -0.128. The zero-order valence-corrected chi connectivity index (χ0v) is 22.2. The largest absolute Gasteiger partial charge is 0.368 e. The first kappa shape index (κ1) is 27.8. The van der Waals surface area contributed by atoms with Crippen LogP contribution in [0.3, 0.4) is 0 Å². The van der Waals surface area contributed by atoms with Gasteiger partial charge >= 0.3 is 0 Å². The number of rotatable bonds is 7. The molecular formula is C30H38F2N4O2. The van der Waals surface area contributed by atoms with Crippen LogP contribution in [0, 0.1) is 17.6 Å². The van der Waals surface area contributed by atoms with E-state index in [2.05, 4.69) is 35.6 Å². The molecule has 1 saturated carbocycles. The van der Waals surface area contributed by atoms with Crippen LogP contribution in [-0.4, -0.2) is 46.9 Å². The highest BCUT2D eigenvalue weighted by molar-refractivity contribution is 5.91. The Morgan fingerprint density at radius 2 is 1.76 bits per heavy atom. The number of likely N-dealkylation sites (tertiary alicyclic amines) is 1. The lowest BCUT2D eigenvalue weighted by Crippen LogP contribution is -2.54. The number of hydrogen-bond acceptors (Lipinski definition) is 3. The summed E-state index contributed by atoms with van der Waals surface area (Å²) in [6.45, 7) is 5.15. The third-order valence-corrected chi connectivity index (χ3v) is 8.14. The van der Waals surface area contributed by atoms with Crippen LogP contribution in [0.15, 0.2) is 30.5 Å². The Morgan fingerprint density at radius 1 is 1.05 bits per heavy atom. The van der Waals surface area contributed by atoms with Crippen LogP contribution >= 0.6 is 0 Å². The summed E-state index contributed by atoms with van der Waals surface area (Å²) in [7, 11) is 0. The first-order valence-corrected chi connectivity index (χ1v) is 13.6. The number of nitrogens with one attached hydrogen (secondary N) is 2. The second-order valence-electron chi connectivity index (χ2n) is 10.4. The zero-order valence-electron chi connectivity index (χ0n) is 22.2. The molecule has 2 aromatic rings. The Morgan fingerprint density at radius 3 is 2.37 bits per heavy atom. The molecule has 38 heavy (non-hydrogen) atoms. The van der Waals surface area contributed by atoms with E-state index in [-0.39, 0.29) is 23.8 Å². The van der Waals surface area contributed by atoms with Crippen LogP contribution < -0.4 is 21.6 Å². The molecular weight excluding hydrogens is 486 g/mol. The number of H-pyrrole nitrogens is 1. The van der Waals surface area contributed by atoms with Crippen molar-refractivity contribution in [3.8, 4) is 0 Å². The van der Waals surface area contributed by atoms with Crippen molar-refractivity contribution in [1.29, 1.82) is 0 Å². The Labute approximate surface area is 222 Å². The average Bonchev–Trinajstić information content (AvgIpc) is 3.35. The molecule has 0 radical (unpaired) electrons. The molecule has 1 aliphatic carbocycles. The monoisotopic (exact) mass is 524 g/mol. The number of carbonyl (C=O) groups excluding carboxylic acids is 2. The molecule has 2 amide bonds. The van der Waals surface area contributed by atoms with Gasteiger partial charge in [0.1, 0.15) is 0 Å². The molecule has 0 spiro atoms. The third kappa shape index (κ3) is 6.41. The first-order valence-electron chi connectivity index (χ1n) is 13.6. The van der Waals surface area contributed by atoms with Crippen molar-refractivity contribution < 1.29 is 18.4 Å². The smallest absolute Gasteiger partial charge is 0.246 e. The predicted molar refractivity (Wildman–Crippen MR) is 146 cm³/mol. The van der Waals surface area contributed by atoms with Gasteiger partial charge in [-0.1, -0.05) is 18.2 Å². The minimum atomic E-state index is -0.947.